The van der Waals surface area contributed by atoms with Crippen molar-refractivity contribution in [3.05, 3.63) is 114 Å². The van der Waals surface area contributed by atoms with Gasteiger partial charge in [-0.15, -0.1) is 0 Å². The number of furan rings is 1. The van der Waals surface area contributed by atoms with Gasteiger partial charge in [-0.2, -0.15) is 0 Å². The van der Waals surface area contributed by atoms with Gasteiger partial charge in [0, 0.05) is 61.1 Å². The van der Waals surface area contributed by atoms with Crippen molar-refractivity contribution in [3.8, 4) is 22.3 Å². The van der Waals surface area contributed by atoms with Crippen LogP contribution in [0.5, 0.6) is 0 Å². The normalized spacial score (nSPS) is 31.6. The Labute approximate surface area is 330 Å². The molecule has 57 heavy (non-hydrogen) atoms. The minimum absolute atomic E-state index is 0.591. The molecule has 0 aliphatic heterocycles. The van der Waals surface area contributed by atoms with Crippen LogP contribution in [-0.4, -0.2) is 14.4 Å². The molecule has 5 heterocycles. The molecular formula is C53H43N3O. The third-order valence-electron chi connectivity index (χ3n) is 17.8. The topological polar surface area (TPSA) is 43.3 Å². The second-order valence-electron chi connectivity index (χ2n) is 20.2. The maximum atomic E-state index is 6.86. The van der Waals surface area contributed by atoms with E-state index in [2.05, 4.69) is 95.7 Å². The van der Waals surface area contributed by atoms with Crippen LogP contribution in [0.25, 0.3) is 82.3 Å². The van der Waals surface area contributed by atoms with E-state index < -0.39 is 0 Å². The van der Waals surface area contributed by atoms with Gasteiger partial charge in [-0.25, -0.2) is 0 Å². The first-order valence-corrected chi connectivity index (χ1v) is 22.2. The molecule has 0 amide bonds. The number of pyridine rings is 2. The molecule has 0 saturated heterocycles. The van der Waals surface area contributed by atoms with Gasteiger partial charge in [0.1, 0.15) is 11.2 Å². The summed E-state index contributed by atoms with van der Waals surface area (Å²) in [5, 5.41) is 8.20. The Bertz CT molecular complexity index is 3270. The minimum atomic E-state index is 0.591. The Morgan fingerprint density at radius 2 is 1.23 bits per heavy atom. The average molecular weight is 738 g/mol. The largest absolute Gasteiger partial charge is 0.455 e. The fourth-order valence-corrected chi connectivity index (χ4v) is 16.1. The summed E-state index contributed by atoms with van der Waals surface area (Å²) in [6.07, 6.45) is 18.3. The van der Waals surface area contributed by atoms with Crippen molar-refractivity contribution in [1.82, 2.24) is 14.4 Å². The molecule has 7 bridgehead atoms. The van der Waals surface area contributed by atoms with Crippen LogP contribution in [0, 0.1) is 29.1 Å². The Kier molecular flexibility index (Phi) is 5.20. The molecule has 9 aromatic rings. The first-order chi connectivity index (χ1) is 28.2. The number of hydrogen-bond acceptors (Lipinski definition) is 3. The van der Waals surface area contributed by atoms with Crippen LogP contribution in [-0.2, 0) is 0 Å². The third kappa shape index (κ3) is 3.46. The molecule has 7 atom stereocenters. The average Bonchev–Trinajstić information content (AvgIpc) is 3.98. The summed E-state index contributed by atoms with van der Waals surface area (Å²) in [5.41, 5.74) is 17.6. The van der Waals surface area contributed by atoms with E-state index in [0.29, 0.717) is 29.1 Å². The second kappa shape index (κ2) is 9.89. The molecule has 1 spiro atoms. The molecule has 0 radical (unpaired) electrons. The molecule has 5 fully saturated rings. The van der Waals surface area contributed by atoms with Crippen molar-refractivity contribution >= 4 is 60.0 Å². The Balaban J connectivity index is 1.07. The van der Waals surface area contributed by atoms with Crippen LogP contribution in [0.1, 0.15) is 110 Å². The lowest BCUT2D eigenvalue weighted by Gasteiger charge is -2.48. The predicted molar refractivity (Wildman–Crippen MR) is 228 cm³/mol. The van der Waals surface area contributed by atoms with Crippen LogP contribution in [0.15, 0.2) is 95.7 Å². The summed E-state index contributed by atoms with van der Waals surface area (Å²) in [6, 6.07) is 29.5. The summed E-state index contributed by atoms with van der Waals surface area (Å²) in [7, 11) is 0. The maximum Gasteiger partial charge on any atom is 0.143 e. The van der Waals surface area contributed by atoms with Gasteiger partial charge in [0.2, 0.25) is 0 Å². The van der Waals surface area contributed by atoms with Crippen molar-refractivity contribution in [2.24, 2.45) is 29.1 Å². The maximum absolute atomic E-state index is 6.86. The monoisotopic (exact) mass is 737 g/mol. The molecule has 4 nitrogen and oxygen atoms in total. The van der Waals surface area contributed by atoms with Gasteiger partial charge in [0.15, 0.2) is 0 Å². The highest BCUT2D eigenvalue weighted by atomic mass is 16.3. The Morgan fingerprint density at radius 1 is 0.561 bits per heavy atom. The standard InChI is InChI=1S/C53H43N3O/c1-2-6-28(7-3-1)44-36(10-11-38-37-8-4-5-9-43(37)57-52(38)44)29-19-39-47-41(24-54-49-31-15-26-12-27(16-31)14-30(13-26)45(47)49)56-42-25-55-50-33-18-35-21-34-17-32(22-53(34,35)23-33)46(50)48(42)40(20-29)51(39)56/h1-11,19-20,24-27,30-35H,12-18,21-23H2. The summed E-state index contributed by atoms with van der Waals surface area (Å²) >= 11 is 0. The van der Waals surface area contributed by atoms with Crippen LogP contribution in [0.4, 0.5) is 0 Å². The van der Waals surface area contributed by atoms with E-state index in [9.17, 15) is 0 Å². The first kappa shape index (κ1) is 29.9. The zero-order valence-electron chi connectivity index (χ0n) is 32.1. The lowest BCUT2D eigenvalue weighted by atomic mass is 9.56. The van der Waals surface area contributed by atoms with Crippen molar-refractivity contribution in [2.75, 3.05) is 0 Å². The molecule has 4 heteroatoms. The zero-order chi connectivity index (χ0) is 36.5. The van der Waals surface area contributed by atoms with E-state index in [1.807, 2.05) is 0 Å². The fourth-order valence-electron chi connectivity index (χ4n) is 16.1. The predicted octanol–water partition coefficient (Wildman–Crippen LogP) is 13.6. The summed E-state index contributed by atoms with van der Waals surface area (Å²) in [5.74, 6) is 5.99. The van der Waals surface area contributed by atoms with E-state index >= 15 is 0 Å². The lowest BCUT2D eigenvalue weighted by Crippen LogP contribution is -2.41. The van der Waals surface area contributed by atoms with E-state index in [4.69, 9.17) is 14.4 Å². The molecule has 4 aromatic carbocycles. The van der Waals surface area contributed by atoms with Gasteiger partial charge in [0.25, 0.3) is 0 Å². The number of aromatic nitrogens is 3. The summed E-state index contributed by atoms with van der Waals surface area (Å²) in [6.45, 7) is 0. The van der Waals surface area contributed by atoms with Crippen molar-refractivity contribution in [2.45, 2.75) is 87.9 Å². The molecule has 5 saturated carbocycles. The lowest BCUT2D eigenvalue weighted by molar-refractivity contribution is 0.00321. The Morgan fingerprint density at radius 3 is 2.02 bits per heavy atom. The number of benzene rings is 4. The smallest absolute Gasteiger partial charge is 0.143 e. The van der Waals surface area contributed by atoms with Crippen molar-refractivity contribution < 1.29 is 4.42 Å². The molecule has 8 aliphatic carbocycles. The Hall–Kier alpha value is -5.22. The fraction of sp³-hybridized carbons (Fsp3) is 0.358. The van der Waals surface area contributed by atoms with Gasteiger partial charge >= 0.3 is 0 Å². The molecule has 7 unspecified atom stereocenters. The number of nitrogens with zero attached hydrogens (tertiary/aromatic N) is 3. The molecule has 0 N–H and O–H groups in total. The van der Waals surface area contributed by atoms with E-state index in [1.54, 1.807) is 11.1 Å². The second-order valence-corrected chi connectivity index (χ2v) is 20.2. The molecule has 17 rings (SSSR count). The number of hydrogen-bond donors (Lipinski definition) is 0. The van der Waals surface area contributed by atoms with Crippen LogP contribution in [0.2, 0.25) is 0 Å². The van der Waals surface area contributed by atoms with Gasteiger partial charge in [-0.05, 0) is 157 Å². The highest BCUT2D eigenvalue weighted by Gasteiger charge is 2.66. The summed E-state index contributed by atoms with van der Waals surface area (Å²) < 4.78 is 9.50. The quantitative estimate of drug-likeness (QED) is 0.177. The highest BCUT2D eigenvalue weighted by molar-refractivity contribution is 6.26. The summed E-state index contributed by atoms with van der Waals surface area (Å²) in [4.78, 5) is 11.1. The van der Waals surface area contributed by atoms with Crippen molar-refractivity contribution in [3.63, 3.8) is 0 Å². The third-order valence-corrected chi connectivity index (χ3v) is 17.8. The SMILES string of the molecule is c1ccc(-c2c(-c3cc4c5c6c(ncc5n5c7cnc8c(c7c(c3)c45)C3CC4CC5CC8CC54C3)C3CC4CC(C3)CC6C4)ccc3c2oc2ccccc23)cc1. The van der Waals surface area contributed by atoms with Crippen LogP contribution in [0.3, 0.4) is 0 Å². The number of rotatable bonds is 2. The van der Waals surface area contributed by atoms with Crippen LogP contribution >= 0.6 is 0 Å². The zero-order valence-corrected chi connectivity index (χ0v) is 32.1. The minimum Gasteiger partial charge on any atom is -0.455 e. The van der Waals surface area contributed by atoms with E-state index in [0.717, 1.165) is 34.8 Å². The molecule has 5 aromatic heterocycles. The molecular weight excluding hydrogens is 695 g/mol. The number of fused-ring (bicyclic) bond motifs is 15. The van der Waals surface area contributed by atoms with E-state index in [-0.39, 0.29) is 0 Å². The van der Waals surface area contributed by atoms with E-state index in [1.165, 1.54) is 147 Å². The molecule has 276 valence electrons. The highest BCUT2D eigenvalue weighted by Crippen LogP contribution is 2.76. The van der Waals surface area contributed by atoms with Crippen LogP contribution < -0.4 is 0 Å². The van der Waals surface area contributed by atoms with Gasteiger partial charge in [-0.3, -0.25) is 9.97 Å². The number of para-hydroxylation sites is 1. The first-order valence-electron chi connectivity index (χ1n) is 22.2. The molecule has 8 aliphatic rings. The van der Waals surface area contributed by atoms with Gasteiger partial charge < -0.3 is 8.82 Å². The van der Waals surface area contributed by atoms with Gasteiger partial charge in [-0.1, -0.05) is 54.6 Å². The van der Waals surface area contributed by atoms with Crippen molar-refractivity contribution in [1.29, 1.82) is 0 Å². The van der Waals surface area contributed by atoms with Gasteiger partial charge in [0.05, 0.1) is 28.9 Å².